The lowest BCUT2D eigenvalue weighted by molar-refractivity contribution is -0.117. The lowest BCUT2D eigenvalue weighted by Gasteiger charge is -2.13. The second-order valence-corrected chi connectivity index (χ2v) is 7.32. The highest BCUT2D eigenvalue weighted by Crippen LogP contribution is 2.18. The first kappa shape index (κ1) is 23.3. The minimum atomic E-state index is -0.426. The monoisotopic (exact) mass is 440 g/mol. The smallest absolute Gasteiger partial charge is 0.337 e. The first-order valence-electron chi connectivity index (χ1n) is 10.4. The minimum absolute atomic E-state index is 0.0251. The van der Waals surface area contributed by atoms with Crippen LogP contribution in [0.25, 0.3) is 6.08 Å². The van der Waals surface area contributed by atoms with Crippen molar-refractivity contribution in [3.8, 4) is 11.8 Å². The fraction of sp³-hybridized carbons (Fsp3) is 0.148. The Bertz CT molecular complexity index is 1160. The summed E-state index contributed by atoms with van der Waals surface area (Å²) in [5, 5.41) is 12.3. The molecule has 6 heteroatoms. The van der Waals surface area contributed by atoms with Gasteiger partial charge in [-0.05, 0) is 54.0 Å². The number of ether oxygens (including phenoxy) is 2. The number of amides is 1. The van der Waals surface area contributed by atoms with E-state index in [4.69, 9.17) is 4.74 Å². The molecule has 0 spiro atoms. The molecule has 0 aliphatic carbocycles. The Kier molecular flexibility index (Phi) is 7.98. The van der Waals surface area contributed by atoms with Crippen molar-refractivity contribution in [2.75, 3.05) is 7.11 Å². The van der Waals surface area contributed by atoms with Gasteiger partial charge in [0.2, 0.25) is 0 Å². The molecule has 1 amide bonds. The Morgan fingerprint density at radius 1 is 1.00 bits per heavy atom. The minimum Gasteiger partial charge on any atom is -0.489 e. The van der Waals surface area contributed by atoms with Gasteiger partial charge in [0.05, 0.1) is 18.7 Å². The van der Waals surface area contributed by atoms with Crippen LogP contribution >= 0.6 is 0 Å². The molecule has 0 radical (unpaired) electrons. The lowest BCUT2D eigenvalue weighted by atomic mass is 10.1. The van der Waals surface area contributed by atoms with Crippen LogP contribution in [0.3, 0.4) is 0 Å². The van der Waals surface area contributed by atoms with Crippen LogP contribution in [0.5, 0.6) is 5.75 Å². The number of nitrogens with zero attached hydrogens (tertiary/aromatic N) is 1. The second-order valence-electron chi connectivity index (χ2n) is 7.32. The number of methoxy groups -OCH3 is 1. The highest BCUT2D eigenvalue weighted by molar-refractivity contribution is 6.01. The van der Waals surface area contributed by atoms with Gasteiger partial charge in [0, 0.05) is 0 Å². The molecular formula is C27H24N2O4. The van der Waals surface area contributed by atoms with Crippen LogP contribution in [0.15, 0.2) is 84.4 Å². The summed E-state index contributed by atoms with van der Waals surface area (Å²) in [6.07, 6.45) is 1.54. The molecule has 3 rings (SSSR count). The van der Waals surface area contributed by atoms with Crippen molar-refractivity contribution < 1.29 is 19.1 Å². The van der Waals surface area contributed by atoms with Crippen LogP contribution in [0.2, 0.25) is 0 Å². The third kappa shape index (κ3) is 6.55. The first-order valence-corrected chi connectivity index (χ1v) is 10.4. The number of benzene rings is 3. The van der Waals surface area contributed by atoms with E-state index in [1.165, 1.54) is 7.11 Å². The largest absolute Gasteiger partial charge is 0.489 e. The molecule has 0 unspecified atom stereocenters. The molecule has 1 N–H and O–H groups in total. The van der Waals surface area contributed by atoms with Gasteiger partial charge in [-0.2, -0.15) is 5.26 Å². The molecule has 0 saturated carbocycles. The highest BCUT2D eigenvalue weighted by atomic mass is 16.5. The van der Waals surface area contributed by atoms with Crippen LogP contribution in [0.1, 0.15) is 40.0 Å². The predicted molar refractivity (Wildman–Crippen MR) is 125 cm³/mol. The van der Waals surface area contributed by atoms with E-state index < -0.39 is 5.91 Å². The Balaban J connectivity index is 1.59. The Labute approximate surface area is 193 Å². The van der Waals surface area contributed by atoms with E-state index in [2.05, 4.69) is 10.1 Å². The van der Waals surface area contributed by atoms with Crippen LogP contribution < -0.4 is 10.1 Å². The van der Waals surface area contributed by atoms with Crippen molar-refractivity contribution in [1.82, 2.24) is 5.32 Å². The maximum Gasteiger partial charge on any atom is 0.337 e. The molecule has 0 aliphatic heterocycles. The van der Waals surface area contributed by atoms with E-state index in [1.54, 1.807) is 54.6 Å². The van der Waals surface area contributed by atoms with Crippen molar-refractivity contribution in [2.45, 2.75) is 19.6 Å². The third-order valence-electron chi connectivity index (χ3n) is 4.98. The van der Waals surface area contributed by atoms with Gasteiger partial charge < -0.3 is 14.8 Å². The van der Waals surface area contributed by atoms with Gasteiger partial charge in [-0.3, -0.25) is 4.79 Å². The summed E-state index contributed by atoms with van der Waals surface area (Å²) in [6, 6.07) is 25.4. The summed E-state index contributed by atoms with van der Waals surface area (Å²) in [4.78, 5) is 24.0. The summed E-state index contributed by atoms with van der Waals surface area (Å²) in [5.74, 6) is -0.166. The fourth-order valence-electron chi connectivity index (χ4n) is 3.10. The summed E-state index contributed by atoms with van der Waals surface area (Å²) < 4.78 is 10.5. The molecule has 3 aromatic rings. The van der Waals surface area contributed by atoms with Crippen LogP contribution in [-0.4, -0.2) is 19.0 Å². The van der Waals surface area contributed by atoms with Gasteiger partial charge >= 0.3 is 5.97 Å². The summed E-state index contributed by atoms with van der Waals surface area (Å²) in [5.41, 5.74) is 3.08. The van der Waals surface area contributed by atoms with E-state index >= 15 is 0 Å². The zero-order valence-corrected chi connectivity index (χ0v) is 18.4. The van der Waals surface area contributed by atoms with Crippen molar-refractivity contribution in [3.63, 3.8) is 0 Å². The molecule has 0 saturated heterocycles. The zero-order chi connectivity index (χ0) is 23.6. The van der Waals surface area contributed by atoms with E-state index in [1.807, 2.05) is 43.3 Å². The standard InChI is InChI=1S/C27H24N2O4/c1-19(22-6-4-3-5-7-22)29-26(30)24(17-28)16-20-10-14-25(15-11-20)33-18-21-8-12-23(13-9-21)27(31)32-2/h3-16,19H,18H2,1-2H3,(H,29,30)/b24-16+/t19-/m1/s1. The molecule has 0 aromatic heterocycles. The molecule has 1 atom stereocenters. The van der Waals surface area contributed by atoms with Crippen molar-refractivity contribution >= 4 is 18.0 Å². The number of carbonyl (C=O) groups is 2. The molecule has 0 heterocycles. The maximum absolute atomic E-state index is 12.5. The fourth-order valence-corrected chi connectivity index (χ4v) is 3.10. The summed E-state index contributed by atoms with van der Waals surface area (Å²) in [7, 11) is 1.34. The Hall–Kier alpha value is -4.37. The quantitative estimate of drug-likeness (QED) is 0.308. The number of hydrogen-bond donors (Lipinski definition) is 1. The lowest BCUT2D eigenvalue weighted by Crippen LogP contribution is -2.27. The van der Waals surface area contributed by atoms with Gasteiger partial charge in [0.1, 0.15) is 24.0 Å². The molecule has 0 aliphatic rings. The SMILES string of the molecule is COC(=O)c1ccc(COc2ccc(/C=C(\C#N)C(=O)N[C@H](C)c3ccccc3)cc2)cc1. The highest BCUT2D eigenvalue weighted by Gasteiger charge is 2.13. The average molecular weight is 440 g/mol. The van der Waals surface area contributed by atoms with E-state index in [9.17, 15) is 14.9 Å². The van der Waals surface area contributed by atoms with Gasteiger partial charge in [0.15, 0.2) is 0 Å². The molecule has 166 valence electrons. The van der Waals surface area contributed by atoms with Gasteiger partial charge in [-0.15, -0.1) is 0 Å². The molecule has 0 fully saturated rings. The summed E-state index contributed by atoms with van der Waals surface area (Å²) in [6.45, 7) is 2.21. The van der Waals surface area contributed by atoms with Crippen molar-refractivity contribution in [2.24, 2.45) is 0 Å². The van der Waals surface area contributed by atoms with Crippen LogP contribution in [0.4, 0.5) is 0 Å². The molecule has 33 heavy (non-hydrogen) atoms. The normalized spacial score (nSPS) is 11.7. The average Bonchev–Trinajstić information content (AvgIpc) is 2.87. The number of nitrogens with one attached hydrogen (secondary N) is 1. The zero-order valence-electron chi connectivity index (χ0n) is 18.4. The van der Waals surface area contributed by atoms with Gasteiger partial charge in [-0.1, -0.05) is 54.6 Å². The number of esters is 1. The first-order chi connectivity index (χ1) is 16.0. The maximum atomic E-state index is 12.5. The van der Waals surface area contributed by atoms with Crippen LogP contribution in [0, 0.1) is 11.3 Å². The molecular weight excluding hydrogens is 416 g/mol. The topological polar surface area (TPSA) is 88.4 Å². The number of hydrogen-bond acceptors (Lipinski definition) is 5. The molecule has 0 bridgehead atoms. The van der Waals surface area contributed by atoms with E-state index in [0.717, 1.165) is 11.1 Å². The van der Waals surface area contributed by atoms with Crippen molar-refractivity contribution in [3.05, 3.63) is 107 Å². The Morgan fingerprint density at radius 3 is 2.27 bits per heavy atom. The van der Waals surface area contributed by atoms with Gasteiger partial charge in [-0.25, -0.2) is 4.79 Å². The van der Waals surface area contributed by atoms with Crippen LogP contribution in [-0.2, 0) is 16.1 Å². The number of nitriles is 1. The van der Waals surface area contributed by atoms with Crippen molar-refractivity contribution in [1.29, 1.82) is 5.26 Å². The third-order valence-corrected chi connectivity index (χ3v) is 4.98. The predicted octanol–water partition coefficient (Wildman–Crippen LogP) is 4.84. The summed E-state index contributed by atoms with van der Waals surface area (Å²) >= 11 is 0. The van der Waals surface area contributed by atoms with Gasteiger partial charge in [0.25, 0.3) is 5.91 Å². The molecule has 6 nitrogen and oxygen atoms in total. The van der Waals surface area contributed by atoms with E-state index in [0.29, 0.717) is 23.5 Å². The Morgan fingerprint density at radius 2 is 1.67 bits per heavy atom. The number of rotatable bonds is 8. The van der Waals surface area contributed by atoms with E-state index in [-0.39, 0.29) is 17.6 Å². The second kappa shape index (κ2) is 11.3. The number of carbonyl (C=O) groups excluding carboxylic acids is 2. The molecule has 3 aromatic carbocycles.